The normalized spacial score (nSPS) is 29.2. The molecule has 10 heteroatoms. The van der Waals surface area contributed by atoms with E-state index >= 15 is 0 Å². The number of hydrogen-bond acceptors (Lipinski definition) is 7. The lowest BCUT2D eigenvalue weighted by Crippen LogP contribution is -2.56. The van der Waals surface area contributed by atoms with Crippen LogP contribution >= 0.6 is 11.6 Å². The molecule has 3 fully saturated rings. The van der Waals surface area contributed by atoms with Crippen molar-refractivity contribution in [2.24, 2.45) is 17.8 Å². The number of hydrogen-bond donors (Lipinski definition) is 1. The van der Waals surface area contributed by atoms with E-state index in [-0.39, 0.29) is 17.1 Å². The van der Waals surface area contributed by atoms with Gasteiger partial charge in [0, 0.05) is 76.9 Å². The Hall–Kier alpha value is -2.43. The van der Waals surface area contributed by atoms with E-state index in [2.05, 4.69) is 86.0 Å². The number of aryl methyl sites for hydroxylation is 1. The van der Waals surface area contributed by atoms with Crippen molar-refractivity contribution in [3.8, 4) is 5.75 Å². The number of piperazine rings is 1. The number of nitrogens with one attached hydrogen (secondary N) is 1. The zero-order chi connectivity index (χ0) is 39.2. The van der Waals surface area contributed by atoms with E-state index in [1.165, 1.54) is 75.8 Å². The number of halogens is 1. The summed E-state index contributed by atoms with van der Waals surface area (Å²) in [5.74, 6) is 2.55. The van der Waals surface area contributed by atoms with Crippen LogP contribution in [0.4, 0.5) is 5.69 Å². The van der Waals surface area contributed by atoms with Gasteiger partial charge in [-0.05, 0) is 112 Å². The minimum atomic E-state index is -1.44. The van der Waals surface area contributed by atoms with Gasteiger partial charge < -0.3 is 14.4 Å². The molecule has 1 aliphatic carbocycles. The van der Waals surface area contributed by atoms with E-state index in [1.807, 2.05) is 25.1 Å². The van der Waals surface area contributed by atoms with Crippen molar-refractivity contribution < 1.29 is 18.5 Å². The Balaban J connectivity index is 0.000000909. The molecule has 0 radical (unpaired) electrons. The Morgan fingerprint density at radius 2 is 1.78 bits per heavy atom. The zero-order valence-electron chi connectivity index (χ0n) is 34.4. The summed E-state index contributed by atoms with van der Waals surface area (Å²) in [6.07, 6.45) is 17.6. The van der Waals surface area contributed by atoms with Gasteiger partial charge >= 0.3 is 0 Å². The number of allylic oxidation sites excluding steroid dienone is 1. The molecular weight excluding hydrogens is 728 g/mol. The third-order valence-electron chi connectivity index (χ3n) is 12.6. The van der Waals surface area contributed by atoms with Gasteiger partial charge in [0.15, 0.2) is 0 Å². The summed E-state index contributed by atoms with van der Waals surface area (Å²) < 4.78 is 27.4. The minimum Gasteiger partial charge on any atom is -0.491 e. The molecule has 4 heterocycles. The molecule has 7 rings (SSSR count). The van der Waals surface area contributed by atoms with Gasteiger partial charge in [-0.15, -0.1) is 11.6 Å². The topological polar surface area (TPSA) is 74.4 Å². The number of rotatable bonds is 7. The first kappa shape index (κ1) is 43.7. The molecule has 1 saturated carbocycles. The van der Waals surface area contributed by atoms with E-state index < -0.39 is 11.0 Å². The number of fused-ring (bicyclic) bond motifs is 3. The number of benzene rings is 2. The van der Waals surface area contributed by atoms with Gasteiger partial charge in [0.05, 0.1) is 17.5 Å². The maximum atomic E-state index is 13.5. The predicted octanol–water partition coefficient (Wildman–Crippen LogP) is 8.46. The lowest BCUT2D eigenvalue weighted by Gasteiger charge is -2.48. The highest BCUT2D eigenvalue weighted by Gasteiger charge is 2.40. The second-order valence-corrected chi connectivity index (χ2v) is 17.5. The highest BCUT2D eigenvalue weighted by atomic mass is 35.5. The van der Waals surface area contributed by atoms with Crippen LogP contribution in [0.1, 0.15) is 106 Å². The lowest BCUT2D eigenvalue weighted by atomic mass is 9.66. The predicted molar refractivity (Wildman–Crippen MR) is 230 cm³/mol. The van der Waals surface area contributed by atoms with Crippen LogP contribution in [-0.2, 0) is 22.1 Å². The number of piperidine rings is 1. The van der Waals surface area contributed by atoms with Gasteiger partial charge in [0.1, 0.15) is 16.7 Å². The lowest BCUT2D eigenvalue weighted by molar-refractivity contribution is 0.0283. The first-order chi connectivity index (χ1) is 26.9. The second kappa shape index (κ2) is 22.5. The van der Waals surface area contributed by atoms with E-state index in [0.717, 1.165) is 75.8 Å². The Labute approximate surface area is 340 Å². The third-order valence-corrected chi connectivity index (χ3v) is 14.2. The van der Waals surface area contributed by atoms with Gasteiger partial charge in [0.2, 0.25) is 0 Å². The molecule has 0 spiro atoms. The van der Waals surface area contributed by atoms with E-state index in [1.54, 1.807) is 7.11 Å². The Morgan fingerprint density at radius 1 is 0.964 bits per heavy atom. The van der Waals surface area contributed by atoms with Crippen molar-refractivity contribution in [1.82, 2.24) is 14.5 Å². The highest BCUT2D eigenvalue weighted by molar-refractivity contribution is 7.84. The second-order valence-electron chi connectivity index (χ2n) is 16.0. The van der Waals surface area contributed by atoms with Crippen LogP contribution in [0.25, 0.3) is 0 Å². The van der Waals surface area contributed by atoms with Crippen molar-refractivity contribution in [2.45, 2.75) is 102 Å². The van der Waals surface area contributed by atoms with Gasteiger partial charge in [-0.2, -0.15) is 0 Å². The fourth-order valence-corrected chi connectivity index (χ4v) is 10.5. The average Bonchev–Trinajstić information content (AvgIpc) is 3.39. The maximum Gasteiger partial charge on any atom is 0.263 e. The molecule has 5 aliphatic rings. The summed E-state index contributed by atoms with van der Waals surface area (Å²) in [5, 5.41) is -0.0691. The molecule has 55 heavy (non-hydrogen) atoms. The average molecular weight is 798 g/mol. The molecule has 7 unspecified atom stereocenters. The van der Waals surface area contributed by atoms with Crippen LogP contribution < -0.4 is 14.4 Å². The molecule has 1 N–H and O–H groups in total. The number of nitrogens with zero attached hydrogens (tertiary/aromatic N) is 3. The van der Waals surface area contributed by atoms with Crippen LogP contribution in [0.5, 0.6) is 5.75 Å². The van der Waals surface area contributed by atoms with Gasteiger partial charge in [-0.25, -0.2) is 4.21 Å². The van der Waals surface area contributed by atoms with E-state index in [4.69, 9.17) is 4.74 Å². The monoisotopic (exact) mass is 796 g/mol. The molecule has 1 amide bonds. The molecule has 2 aromatic carbocycles. The summed E-state index contributed by atoms with van der Waals surface area (Å²) in [6.45, 7) is 15.5. The molecule has 2 aromatic rings. The Bertz CT molecular complexity index is 1540. The summed E-state index contributed by atoms with van der Waals surface area (Å²) in [7, 11) is 0.238. The standard InChI is InChI=1S/C41H58N4O3S.C3H8O.CH3Cl/c1-3-11-30-12-6-8-16-37(30)34-27-45-26-33-17-19-38(33)32(25-43-22-23-44-21-10-9-14-35(44)28-43)13-5-7-15-36(4-2)49(47)42-41(46)31-18-20-40(48-29-34)39(45)24-31;1-3-4-2;1-2/h5-6,8,12-13,16,18,20,24,32-36,38H,3-4,7,9-11,14-15,17,19,21-23,25-29H2,1-2H3,(H,42,46);3H2,1-2H3;1H3/b13-5+;;. The summed E-state index contributed by atoms with van der Waals surface area (Å²) in [4.78, 5) is 21.6. The quantitative estimate of drug-likeness (QED) is 0.223. The number of anilines is 1. The van der Waals surface area contributed by atoms with Crippen LogP contribution in [-0.4, -0.2) is 104 Å². The van der Waals surface area contributed by atoms with Gasteiger partial charge in [-0.1, -0.05) is 63.1 Å². The highest BCUT2D eigenvalue weighted by Crippen LogP contribution is 2.44. The fourth-order valence-electron chi connectivity index (χ4n) is 9.37. The van der Waals surface area contributed by atoms with E-state index in [9.17, 15) is 9.00 Å². The summed E-state index contributed by atoms with van der Waals surface area (Å²) in [6, 6.07) is 15.4. The number of amides is 1. The van der Waals surface area contributed by atoms with E-state index in [0.29, 0.717) is 29.9 Å². The number of methoxy groups -OCH3 is 1. The molecule has 2 bridgehead atoms. The van der Waals surface area contributed by atoms with Gasteiger partial charge in [0.25, 0.3) is 5.91 Å². The van der Waals surface area contributed by atoms with Crippen LogP contribution in [0.2, 0.25) is 0 Å². The fraction of sp³-hybridized carbons (Fsp3) is 0.667. The molecule has 306 valence electrons. The summed E-state index contributed by atoms with van der Waals surface area (Å²) >= 11 is 4.64. The number of ether oxygens (including phenoxy) is 2. The first-order valence-electron chi connectivity index (χ1n) is 21.2. The summed E-state index contributed by atoms with van der Waals surface area (Å²) in [5.41, 5.74) is 4.35. The van der Waals surface area contributed by atoms with Crippen molar-refractivity contribution >= 4 is 34.2 Å². The molecule has 4 aliphatic heterocycles. The Morgan fingerprint density at radius 3 is 2.53 bits per heavy atom. The van der Waals surface area contributed by atoms with Crippen molar-refractivity contribution in [2.75, 3.05) is 77.4 Å². The number of carbonyl (C=O) groups excluding carboxylic acids is 1. The molecular formula is C45H69ClN4O4S. The molecule has 0 aromatic heterocycles. The van der Waals surface area contributed by atoms with Crippen LogP contribution in [0.3, 0.4) is 0 Å². The van der Waals surface area contributed by atoms with Gasteiger partial charge in [-0.3, -0.25) is 19.3 Å². The minimum absolute atomic E-state index is 0.0691. The maximum absolute atomic E-state index is 13.5. The Kier molecular flexibility index (Phi) is 17.9. The number of carbonyl (C=O) groups is 1. The smallest absolute Gasteiger partial charge is 0.263 e. The van der Waals surface area contributed by atoms with Crippen molar-refractivity contribution in [3.05, 3.63) is 71.3 Å². The first-order valence-corrected chi connectivity index (χ1v) is 23.2. The molecule has 7 atom stereocenters. The van der Waals surface area contributed by atoms with Crippen molar-refractivity contribution in [3.63, 3.8) is 0 Å². The van der Waals surface area contributed by atoms with Crippen LogP contribution in [0, 0.1) is 17.8 Å². The number of alkyl halides is 1. The SMILES string of the molecule is CCCc1ccccc1C1COc2ccc3cc2N(C1)CC1CCC1C(CN1CCN2CCCCC2C1)/C=C/CCC(CC)S(=O)NC3=O.CCOC.CCl. The van der Waals surface area contributed by atoms with Crippen LogP contribution in [0.15, 0.2) is 54.6 Å². The molecule has 2 saturated heterocycles. The largest absolute Gasteiger partial charge is 0.491 e. The van der Waals surface area contributed by atoms with Crippen molar-refractivity contribution in [1.29, 1.82) is 0 Å². The third kappa shape index (κ3) is 11.6. The zero-order valence-corrected chi connectivity index (χ0v) is 35.9. The molecule has 8 nitrogen and oxygen atoms in total.